The number of carbonyl (C=O) groups excluding carboxylic acids is 1. The molecule has 5 rings (SSSR count). The van der Waals surface area contributed by atoms with Crippen LogP contribution in [0, 0.1) is 0 Å². The first kappa shape index (κ1) is 21.2. The quantitative estimate of drug-likeness (QED) is 0.606. The lowest BCUT2D eigenvalue weighted by Crippen LogP contribution is -2.36. The number of fused-ring (bicyclic) bond motifs is 1. The molecule has 10 nitrogen and oxygen atoms in total. The monoisotopic (exact) mass is 450 g/mol. The van der Waals surface area contributed by atoms with E-state index in [-0.39, 0.29) is 23.5 Å². The number of nitrogens with zero attached hydrogens (tertiary/aromatic N) is 5. The Morgan fingerprint density at radius 2 is 1.97 bits per heavy atom. The van der Waals surface area contributed by atoms with Crippen molar-refractivity contribution in [2.24, 2.45) is 0 Å². The smallest absolute Gasteiger partial charge is 0.289 e. The molecule has 4 heterocycles. The van der Waals surface area contributed by atoms with Gasteiger partial charge in [-0.3, -0.25) is 9.36 Å². The Morgan fingerprint density at radius 1 is 1.15 bits per heavy atom. The largest absolute Gasteiger partial charge is 0.507 e. The number of hydrogen-bond acceptors (Lipinski definition) is 8. The van der Waals surface area contributed by atoms with Crippen molar-refractivity contribution in [2.45, 2.75) is 26.3 Å². The van der Waals surface area contributed by atoms with Gasteiger partial charge in [-0.2, -0.15) is 0 Å². The van der Waals surface area contributed by atoms with Gasteiger partial charge in [-0.05, 0) is 37.6 Å². The number of amides is 1. The summed E-state index contributed by atoms with van der Waals surface area (Å²) in [7, 11) is 0. The number of morpholine rings is 1. The van der Waals surface area contributed by atoms with Crippen molar-refractivity contribution in [3.8, 4) is 28.6 Å². The third kappa shape index (κ3) is 4.09. The SMILES string of the molecule is CC(C)NC(=O)c1nnc(-c2cc3c(cc2O)OCC3)n1-c1ccc(N2CCOCC2)nc1. The second-order valence-corrected chi connectivity index (χ2v) is 8.36. The summed E-state index contributed by atoms with van der Waals surface area (Å²) >= 11 is 0. The molecule has 0 radical (unpaired) electrons. The van der Waals surface area contributed by atoms with Crippen LogP contribution >= 0.6 is 0 Å². The van der Waals surface area contributed by atoms with Crippen LogP contribution in [-0.2, 0) is 11.2 Å². The summed E-state index contributed by atoms with van der Waals surface area (Å²) in [6.45, 7) is 7.21. The number of benzene rings is 1. The highest BCUT2D eigenvalue weighted by Gasteiger charge is 2.26. The summed E-state index contributed by atoms with van der Waals surface area (Å²) < 4.78 is 12.6. The molecule has 2 N–H and O–H groups in total. The van der Waals surface area contributed by atoms with Crippen LogP contribution in [0.4, 0.5) is 5.82 Å². The molecule has 2 aliphatic rings. The van der Waals surface area contributed by atoms with Gasteiger partial charge in [-0.15, -0.1) is 10.2 Å². The maximum absolute atomic E-state index is 12.9. The Balaban J connectivity index is 1.59. The first-order chi connectivity index (χ1) is 16.0. The van der Waals surface area contributed by atoms with Crippen LogP contribution < -0.4 is 15.0 Å². The highest BCUT2D eigenvalue weighted by molar-refractivity contribution is 5.92. The molecule has 1 fully saturated rings. The van der Waals surface area contributed by atoms with E-state index >= 15 is 0 Å². The molecule has 172 valence electrons. The molecular formula is C23H26N6O4. The molecule has 10 heteroatoms. The molecule has 0 saturated carbocycles. The van der Waals surface area contributed by atoms with Crippen LogP contribution in [0.3, 0.4) is 0 Å². The number of carbonyl (C=O) groups is 1. The predicted octanol–water partition coefficient (Wildman–Crippen LogP) is 1.94. The lowest BCUT2D eigenvalue weighted by molar-refractivity contribution is 0.0930. The zero-order chi connectivity index (χ0) is 22.9. The van der Waals surface area contributed by atoms with E-state index in [4.69, 9.17) is 9.47 Å². The van der Waals surface area contributed by atoms with Gasteiger partial charge in [-0.1, -0.05) is 0 Å². The Hall–Kier alpha value is -3.66. The minimum Gasteiger partial charge on any atom is -0.507 e. The average molecular weight is 450 g/mol. The highest BCUT2D eigenvalue weighted by atomic mass is 16.5. The fourth-order valence-corrected chi connectivity index (χ4v) is 4.06. The van der Waals surface area contributed by atoms with Crippen molar-refractivity contribution in [2.75, 3.05) is 37.8 Å². The zero-order valence-corrected chi connectivity index (χ0v) is 18.6. The summed E-state index contributed by atoms with van der Waals surface area (Å²) in [6, 6.07) is 7.15. The van der Waals surface area contributed by atoms with Crippen LogP contribution in [0.5, 0.6) is 11.5 Å². The zero-order valence-electron chi connectivity index (χ0n) is 18.6. The molecule has 3 aromatic rings. The molecule has 0 aliphatic carbocycles. The topological polar surface area (TPSA) is 115 Å². The van der Waals surface area contributed by atoms with Gasteiger partial charge in [0, 0.05) is 31.6 Å². The van der Waals surface area contributed by atoms with Gasteiger partial charge in [0.25, 0.3) is 5.91 Å². The minimum atomic E-state index is -0.356. The molecule has 0 unspecified atom stereocenters. The Kier molecular flexibility index (Phi) is 5.59. The van der Waals surface area contributed by atoms with Crippen LogP contribution in [0.25, 0.3) is 17.1 Å². The van der Waals surface area contributed by atoms with E-state index in [0.29, 0.717) is 42.6 Å². The average Bonchev–Trinajstić information content (AvgIpc) is 3.45. The minimum absolute atomic E-state index is 0.0120. The molecular weight excluding hydrogens is 424 g/mol. The van der Waals surface area contributed by atoms with Gasteiger partial charge in [0.1, 0.15) is 17.3 Å². The Morgan fingerprint density at radius 3 is 2.70 bits per heavy atom. The number of rotatable bonds is 5. The number of hydrogen-bond donors (Lipinski definition) is 2. The van der Waals surface area contributed by atoms with E-state index in [1.807, 2.05) is 32.0 Å². The molecule has 0 atom stereocenters. The first-order valence-corrected chi connectivity index (χ1v) is 11.1. The van der Waals surface area contributed by atoms with Gasteiger partial charge < -0.3 is 24.8 Å². The van der Waals surface area contributed by atoms with Crippen LogP contribution in [0.15, 0.2) is 30.5 Å². The van der Waals surface area contributed by atoms with E-state index in [1.54, 1.807) is 16.8 Å². The third-order valence-electron chi connectivity index (χ3n) is 5.66. The van der Waals surface area contributed by atoms with Crippen LogP contribution in [-0.4, -0.2) is 69.7 Å². The predicted molar refractivity (Wildman–Crippen MR) is 121 cm³/mol. The van der Waals surface area contributed by atoms with Gasteiger partial charge in [0.15, 0.2) is 5.82 Å². The Labute approximate surface area is 191 Å². The van der Waals surface area contributed by atoms with E-state index < -0.39 is 0 Å². The summed E-state index contributed by atoms with van der Waals surface area (Å²) in [6.07, 6.45) is 2.44. The van der Waals surface area contributed by atoms with Crippen molar-refractivity contribution in [3.63, 3.8) is 0 Å². The van der Waals surface area contributed by atoms with Crippen LogP contribution in [0.2, 0.25) is 0 Å². The second kappa shape index (κ2) is 8.70. The lowest BCUT2D eigenvalue weighted by Gasteiger charge is -2.27. The fourth-order valence-electron chi connectivity index (χ4n) is 4.06. The summed E-state index contributed by atoms with van der Waals surface area (Å²) in [5.41, 5.74) is 2.08. The maximum Gasteiger partial charge on any atom is 0.289 e. The van der Waals surface area contributed by atoms with E-state index in [2.05, 4.69) is 25.4 Å². The molecule has 1 aromatic carbocycles. The van der Waals surface area contributed by atoms with Crippen molar-refractivity contribution >= 4 is 11.7 Å². The van der Waals surface area contributed by atoms with E-state index in [1.165, 1.54) is 0 Å². The van der Waals surface area contributed by atoms with Crippen molar-refractivity contribution < 1.29 is 19.4 Å². The molecule has 0 bridgehead atoms. The van der Waals surface area contributed by atoms with Gasteiger partial charge in [0.05, 0.1) is 37.3 Å². The number of phenols is 1. The number of pyridine rings is 1. The summed E-state index contributed by atoms with van der Waals surface area (Å²) in [5, 5.41) is 22.0. The number of phenolic OH excluding ortho intramolecular Hbond substituents is 1. The number of aromatic hydroxyl groups is 1. The fraction of sp³-hybridized carbons (Fsp3) is 0.391. The highest BCUT2D eigenvalue weighted by Crippen LogP contribution is 2.38. The maximum atomic E-state index is 12.9. The van der Waals surface area contributed by atoms with Crippen molar-refractivity contribution in [3.05, 3.63) is 41.9 Å². The molecule has 0 spiro atoms. The normalized spacial score (nSPS) is 15.4. The lowest BCUT2D eigenvalue weighted by atomic mass is 10.1. The first-order valence-electron chi connectivity index (χ1n) is 11.1. The van der Waals surface area contributed by atoms with Gasteiger partial charge >= 0.3 is 0 Å². The van der Waals surface area contributed by atoms with Gasteiger partial charge in [0.2, 0.25) is 5.82 Å². The number of nitrogens with one attached hydrogen (secondary N) is 1. The standard InChI is InChI=1S/C23H26N6O4/c1-14(2)25-23(31)22-27-26-21(17-11-15-5-8-33-19(15)12-18(17)30)29(22)16-3-4-20(24-13-16)28-6-9-32-10-7-28/h3-4,11-14,30H,5-10H2,1-2H3,(H,25,31). The molecule has 2 aliphatic heterocycles. The van der Waals surface area contributed by atoms with Crippen molar-refractivity contribution in [1.29, 1.82) is 0 Å². The molecule has 1 amide bonds. The number of anilines is 1. The van der Waals surface area contributed by atoms with E-state index in [0.717, 1.165) is 30.9 Å². The van der Waals surface area contributed by atoms with Crippen molar-refractivity contribution in [1.82, 2.24) is 25.1 Å². The second-order valence-electron chi connectivity index (χ2n) is 8.36. The third-order valence-corrected chi connectivity index (χ3v) is 5.66. The molecule has 1 saturated heterocycles. The Bertz CT molecular complexity index is 1170. The number of ether oxygens (including phenoxy) is 2. The summed E-state index contributed by atoms with van der Waals surface area (Å²) in [5.74, 6) is 1.63. The van der Waals surface area contributed by atoms with Crippen LogP contribution in [0.1, 0.15) is 30.0 Å². The number of aromatic nitrogens is 4. The van der Waals surface area contributed by atoms with E-state index in [9.17, 15) is 9.90 Å². The van der Waals surface area contributed by atoms with Gasteiger partial charge in [-0.25, -0.2) is 4.98 Å². The summed E-state index contributed by atoms with van der Waals surface area (Å²) in [4.78, 5) is 19.7. The molecule has 33 heavy (non-hydrogen) atoms. The molecule has 2 aromatic heterocycles.